The standard InChI is InChI=1S/C18H20N4O2S/c19-18(24)14-8-10-22(11-9-14)17(23)12-25-16-7-6-15(20-21-16)13-4-2-1-3-5-13/h1-7,14H,8-12H2,(H2,19,24). The van der Waals surface area contributed by atoms with E-state index in [1.54, 1.807) is 4.90 Å². The number of likely N-dealkylation sites (tertiary alicyclic amines) is 1. The van der Waals surface area contributed by atoms with Crippen molar-refractivity contribution < 1.29 is 9.59 Å². The minimum atomic E-state index is -0.268. The maximum atomic E-state index is 12.3. The first-order valence-corrected chi connectivity index (χ1v) is 9.21. The van der Waals surface area contributed by atoms with Crippen molar-refractivity contribution in [3.63, 3.8) is 0 Å². The monoisotopic (exact) mass is 356 g/mol. The Balaban J connectivity index is 1.50. The summed E-state index contributed by atoms with van der Waals surface area (Å²) in [6.45, 7) is 1.18. The Hall–Kier alpha value is -2.41. The van der Waals surface area contributed by atoms with Crippen molar-refractivity contribution in [2.45, 2.75) is 17.9 Å². The number of benzene rings is 1. The van der Waals surface area contributed by atoms with Gasteiger partial charge in [-0.2, -0.15) is 0 Å². The van der Waals surface area contributed by atoms with E-state index in [1.165, 1.54) is 11.8 Å². The number of nitrogens with zero attached hydrogens (tertiary/aromatic N) is 3. The summed E-state index contributed by atoms with van der Waals surface area (Å²) in [7, 11) is 0. The third-order valence-electron chi connectivity index (χ3n) is 4.30. The van der Waals surface area contributed by atoms with Gasteiger partial charge in [-0.15, -0.1) is 10.2 Å². The summed E-state index contributed by atoms with van der Waals surface area (Å²) in [5.74, 6) is 0.00542. The molecule has 0 spiro atoms. The first-order chi connectivity index (χ1) is 12.1. The molecular formula is C18H20N4O2S. The summed E-state index contributed by atoms with van der Waals surface area (Å²) >= 11 is 1.38. The molecular weight excluding hydrogens is 336 g/mol. The van der Waals surface area contributed by atoms with Crippen molar-refractivity contribution in [1.29, 1.82) is 0 Å². The number of primary amides is 1. The molecule has 0 bridgehead atoms. The van der Waals surface area contributed by atoms with Crippen LogP contribution >= 0.6 is 11.8 Å². The molecule has 1 aliphatic rings. The maximum Gasteiger partial charge on any atom is 0.232 e. The van der Waals surface area contributed by atoms with Crippen LogP contribution in [0.1, 0.15) is 12.8 Å². The quantitative estimate of drug-likeness (QED) is 0.827. The summed E-state index contributed by atoms with van der Waals surface area (Å²) in [6.07, 6.45) is 1.30. The molecule has 0 radical (unpaired) electrons. The number of nitrogens with two attached hydrogens (primary N) is 1. The van der Waals surface area contributed by atoms with Crippen LogP contribution in [-0.2, 0) is 9.59 Å². The Morgan fingerprint density at radius 1 is 1.08 bits per heavy atom. The predicted molar refractivity (Wildman–Crippen MR) is 96.7 cm³/mol. The average molecular weight is 356 g/mol. The van der Waals surface area contributed by atoms with Crippen LogP contribution in [0.15, 0.2) is 47.5 Å². The minimum Gasteiger partial charge on any atom is -0.369 e. The lowest BCUT2D eigenvalue weighted by molar-refractivity contribution is -0.132. The lowest BCUT2D eigenvalue weighted by Gasteiger charge is -2.30. The fourth-order valence-electron chi connectivity index (χ4n) is 2.80. The number of rotatable bonds is 5. The zero-order chi connectivity index (χ0) is 17.6. The zero-order valence-electron chi connectivity index (χ0n) is 13.8. The summed E-state index contributed by atoms with van der Waals surface area (Å²) in [5, 5.41) is 9.13. The SMILES string of the molecule is NC(=O)C1CCN(C(=O)CSc2ccc(-c3ccccc3)nn2)CC1. The lowest BCUT2D eigenvalue weighted by atomic mass is 9.96. The van der Waals surface area contributed by atoms with Gasteiger partial charge in [0, 0.05) is 24.6 Å². The Bertz CT molecular complexity index is 729. The van der Waals surface area contributed by atoms with E-state index >= 15 is 0 Å². The Labute approximate surface area is 150 Å². The van der Waals surface area contributed by atoms with Gasteiger partial charge in [0.25, 0.3) is 0 Å². The van der Waals surface area contributed by atoms with Gasteiger partial charge in [-0.25, -0.2) is 0 Å². The third-order valence-corrected chi connectivity index (χ3v) is 5.21. The fourth-order valence-corrected chi connectivity index (χ4v) is 3.52. The second kappa shape index (κ2) is 8.11. The van der Waals surface area contributed by atoms with Crippen LogP contribution in [0, 0.1) is 5.92 Å². The van der Waals surface area contributed by atoms with Crippen molar-refractivity contribution in [2.75, 3.05) is 18.8 Å². The van der Waals surface area contributed by atoms with Gasteiger partial charge in [-0.3, -0.25) is 9.59 Å². The first-order valence-electron chi connectivity index (χ1n) is 8.22. The third kappa shape index (κ3) is 4.57. The lowest BCUT2D eigenvalue weighted by Crippen LogP contribution is -2.42. The van der Waals surface area contributed by atoms with E-state index in [2.05, 4.69) is 10.2 Å². The van der Waals surface area contributed by atoms with Crippen LogP contribution in [0.3, 0.4) is 0 Å². The van der Waals surface area contributed by atoms with Gasteiger partial charge in [0.2, 0.25) is 11.8 Å². The molecule has 1 aromatic heterocycles. The predicted octanol–water partition coefficient (Wildman–Crippen LogP) is 1.96. The molecule has 6 nitrogen and oxygen atoms in total. The minimum absolute atomic E-state index is 0.0573. The van der Waals surface area contributed by atoms with Crippen molar-refractivity contribution in [3.05, 3.63) is 42.5 Å². The highest BCUT2D eigenvalue weighted by atomic mass is 32.2. The Kier molecular flexibility index (Phi) is 5.65. The Morgan fingerprint density at radius 3 is 2.40 bits per heavy atom. The van der Waals surface area contributed by atoms with Gasteiger partial charge < -0.3 is 10.6 Å². The molecule has 2 heterocycles. The van der Waals surface area contributed by atoms with Gasteiger partial charge in [-0.1, -0.05) is 42.1 Å². The molecule has 1 aliphatic heterocycles. The summed E-state index contributed by atoms with van der Waals surface area (Å²) in [6, 6.07) is 13.6. The molecule has 2 amide bonds. The molecule has 1 saturated heterocycles. The highest BCUT2D eigenvalue weighted by Crippen LogP contribution is 2.21. The summed E-state index contributed by atoms with van der Waals surface area (Å²) in [5.41, 5.74) is 7.14. The van der Waals surface area contributed by atoms with E-state index in [1.807, 2.05) is 42.5 Å². The highest BCUT2D eigenvalue weighted by molar-refractivity contribution is 7.99. The molecule has 130 valence electrons. The molecule has 0 saturated carbocycles. The van der Waals surface area contributed by atoms with Gasteiger partial charge in [0.05, 0.1) is 11.4 Å². The van der Waals surface area contributed by atoms with Crippen LogP contribution in [0.25, 0.3) is 11.3 Å². The Morgan fingerprint density at radius 2 is 1.80 bits per heavy atom. The molecule has 0 unspecified atom stereocenters. The van der Waals surface area contributed by atoms with Crippen LogP contribution in [0.4, 0.5) is 0 Å². The second-order valence-corrected chi connectivity index (χ2v) is 6.96. The van der Waals surface area contributed by atoms with E-state index in [0.29, 0.717) is 31.7 Å². The van der Waals surface area contributed by atoms with Gasteiger partial charge in [0.15, 0.2) is 0 Å². The fraction of sp³-hybridized carbons (Fsp3) is 0.333. The number of thioether (sulfide) groups is 1. The van der Waals surface area contributed by atoms with Crippen molar-refractivity contribution in [1.82, 2.24) is 15.1 Å². The number of carbonyl (C=O) groups excluding carboxylic acids is 2. The van der Waals surface area contributed by atoms with E-state index in [0.717, 1.165) is 16.3 Å². The zero-order valence-corrected chi connectivity index (χ0v) is 14.6. The van der Waals surface area contributed by atoms with E-state index < -0.39 is 0 Å². The number of aromatic nitrogens is 2. The molecule has 0 atom stereocenters. The number of hydrogen-bond acceptors (Lipinski definition) is 5. The summed E-state index contributed by atoms with van der Waals surface area (Å²) in [4.78, 5) is 25.2. The van der Waals surface area contributed by atoms with E-state index in [9.17, 15) is 9.59 Å². The maximum absolute atomic E-state index is 12.3. The molecule has 7 heteroatoms. The number of amides is 2. The molecule has 2 N–H and O–H groups in total. The number of piperidine rings is 1. The van der Waals surface area contributed by atoms with Crippen LogP contribution in [0.2, 0.25) is 0 Å². The normalized spacial score (nSPS) is 15.1. The highest BCUT2D eigenvalue weighted by Gasteiger charge is 2.25. The van der Waals surface area contributed by atoms with Crippen molar-refractivity contribution in [2.24, 2.45) is 11.7 Å². The van der Waals surface area contributed by atoms with Crippen LogP contribution < -0.4 is 5.73 Å². The second-order valence-electron chi connectivity index (χ2n) is 5.97. The molecule has 1 fully saturated rings. The molecule has 0 aliphatic carbocycles. The number of carbonyl (C=O) groups is 2. The van der Waals surface area contributed by atoms with Crippen LogP contribution in [0.5, 0.6) is 0 Å². The van der Waals surface area contributed by atoms with E-state index in [-0.39, 0.29) is 17.7 Å². The smallest absolute Gasteiger partial charge is 0.232 e. The molecule has 2 aromatic rings. The molecule has 25 heavy (non-hydrogen) atoms. The first kappa shape index (κ1) is 17.4. The van der Waals surface area contributed by atoms with E-state index in [4.69, 9.17) is 5.73 Å². The van der Waals surface area contributed by atoms with Gasteiger partial charge >= 0.3 is 0 Å². The topological polar surface area (TPSA) is 89.2 Å². The molecule has 3 rings (SSSR count). The van der Waals surface area contributed by atoms with Gasteiger partial charge in [-0.05, 0) is 25.0 Å². The number of hydrogen-bond donors (Lipinski definition) is 1. The van der Waals surface area contributed by atoms with Crippen molar-refractivity contribution >= 4 is 23.6 Å². The van der Waals surface area contributed by atoms with Crippen molar-refractivity contribution in [3.8, 4) is 11.3 Å². The average Bonchev–Trinajstić information content (AvgIpc) is 2.67. The summed E-state index contributed by atoms with van der Waals surface area (Å²) < 4.78 is 0. The largest absolute Gasteiger partial charge is 0.369 e. The van der Waals surface area contributed by atoms with Crippen LogP contribution in [-0.4, -0.2) is 45.8 Å². The van der Waals surface area contributed by atoms with Gasteiger partial charge in [0.1, 0.15) is 5.03 Å². The molecule has 1 aromatic carbocycles.